The van der Waals surface area contributed by atoms with Crippen LogP contribution in [0, 0.1) is 0 Å². The van der Waals surface area contributed by atoms with E-state index >= 15 is 0 Å². The first-order chi connectivity index (χ1) is 17.3. The van der Waals surface area contributed by atoms with Crippen LogP contribution in [0.1, 0.15) is 18.4 Å². The lowest BCUT2D eigenvalue weighted by atomic mass is 10.1. The maximum absolute atomic E-state index is 12.5. The van der Waals surface area contributed by atoms with Gasteiger partial charge in [-0.2, -0.15) is 0 Å². The van der Waals surface area contributed by atoms with E-state index in [1.54, 1.807) is 42.9 Å². The van der Waals surface area contributed by atoms with E-state index in [-0.39, 0.29) is 24.4 Å². The fraction of sp³-hybridized carbons (Fsp3) is 0.292. The van der Waals surface area contributed by atoms with Crippen LogP contribution in [0.25, 0.3) is 0 Å². The molecule has 36 heavy (non-hydrogen) atoms. The zero-order valence-electron chi connectivity index (χ0n) is 19.0. The van der Waals surface area contributed by atoms with Crippen LogP contribution in [0.4, 0.5) is 29.5 Å². The van der Waals surface area contributed by atoms with Gasteiger partial charge in [0.25, 0.3) is 0 Å². The Morgan fingerprint density at radius 2 is 1.94 bits per heavy atom. The van der Waals surface area contributed by atoms with Crippen molar-refractivity contribution in [1.82, 2.24) is 15.3 Å². The minimum Gasteiger partial charge on any atom is -0.487 e. The number of carbonyl (C=O) groups excluding carboxylic acids is 1. The van der Waals surface area contributed by atoms with Gasteiger partial charge in [0.1, 0.15) is 23.1 Å². The average molecular weight is 522 g/mol. The van der Waals surface area contributed by atoms with E-state index in [1.807, 2.05) is 4.90 Å². The molecule has 0 atom stereocenters. The topological polar surface area (TPSA) is 88.6 Å². The number of piperidine rings is 1. The number of urea groups is 1. The number of aromatic nitrogens is 2. The second-order valence-electron chi connectivity index (χ2n) is 8.03. The molecule has 0 saturated carbocycles. The lowest BCUT2D eigenvalue weighted by Gasteiger charge is -2.33. The van der Waals surface area contributed by atoms with Crippen LogP contribution in [-0.2, 0) is 6.61 Å². The number of hydrogen-bond donors (Lipinski definition) is 2. The highest BCUT2D eigenvalue weighted by atomic mass is 35.5. The average Bonchev–Trinajstić information content (AvgIpc) is 2.84. The minimum absolute atomic E-state index is 0.00370. The largest absolute Gasteiger partial charge is 0.573 e. The Bertz CT molecular complexity index is 1180. The smallest absolute Gasteiger partial charge is 0.487 e. The fourth-order valence-corrected chi connectivity index (χ4v) is 4.05. The molecule has 0 bridgehead atoms. The van der Waals surface area contributed by atoms with Gasteiger partial charge < -0.3 is 25.0 Å². The molecular formula is C24H23ClF3N5O3. The molecule has 0 aliphatic carbocycles. The van der Waals surface area contributed by atoms with Crippen molar-refractivity contribution in [3.8, 4) is 11.5 Å². The Labute approximate surface area is 210 Å². The summed E-state index contributed by atoms with van der Waals surface area (Å²) in [4.78, 5) is 22.6. The summed E-state index contributed by atoms with van der Waals surface area (Å²) >= 11 is 6.55. The van der Waals surface area contributed by atoms with Gasteiger partial charge in [-0.15, -0.1) is 13.2 Å². The van der Waals surface area contributed by atoms with E-state index in [0.29, 0.717) is 53.8 Å². The highest BCUT2D eigenvalue weighted by Gasteiger charge is 2.31. The molecule has 2 aromatic heterocycles. The first kappa shape index (κ1) is 25.4. The molecule has 3 heterocycles. The van der Waals surface area contributed by atoms with Crippen molar-refractivity contribution < 1.29 is 27.4 Å². The molecule has 0 unspecified atom stereocenters. The Morgan fingerprint density at radius 1 is 1.14 bits per heavy atom. The van der Waals surface area contributed by atoms with E-state index in [2.05, 4.69) is 25.3 Å². The fourth-order valence-electron chi connectivity index (χ4n) is 3.77. The van der Waals surface area contributed by atoms with Gasteiger partial charge in [-0.1, -0.05) is 23.7 Å². The molecule has 12 heteroatoms. The van der Waals surface area contributed by atoms with E-state index < -0.39 is 6.36 Å². The van der Waals surface area contributed by atoms with Crippen molar-refractivity contribution in [3.63, 3.8) is 0 Å². The molecule has 1 fully saturated rings. The standard InChI is InChI=1S/C24H23ClF3N5O3/c25-21-20(35-15-16-3-1-5-19(13-16)36-24(26,27)28)6-10-30-22(21)33-11-7-17(8-12-33)31-23(34)32-18-4-2-9-29-14-18/h1-6,9-10,13-14,17H,7-8,11-12,15H2,(H2,31,32,34). The molecule has 0 spiro atoms. The Morgan fingerprint density at radius 3 is 2.67 bits per heavy atom. The third-order valence-electron chi connectivity index (χ3n) is 5.41. The number of anilines is 2. The van der Waals surface area contributed by atoms with Crippen LogP contribution in [-0.4, -0.2) is 41.5 Å². The predicted molar refractivity (Wildman–Crippen MR) is 128 cm³/mol. The van der Waals surface area contributed by atoms with E-state index in [0.717, 1.165) is 0 Å². The minimum atomic E-state index is -4.77. The quantitative estimate of drug-likeness (QED) is 0.433. The van der Waals surface area contributed by atoms with E-state index in [4.69, 9.17) is 16.3 Å². The molecule has 2 amide bonds. The molecule has 8 nitrogen and oxygen atoms in total. The van der Waals surface area contributed by atoms with Gasteiger partial charge in [0.05, 0.1) is 11.9 Å². The molecule has 1 aliphatic heterocycles. The first-order valence-electron chi connectivity index (χ1n) is 11.1. The molecule has 1 aromatic carbocycles. The second kappa shape index (κ2) is 11.3. The molecule has 3 aromatic rings. The SMILES string of the molecule is O=C(Nc1cccnc1)NC1CCN(c2nccc(OCc3cccc(OC(F)(F)F)c3)c2Cl)CC1. The van der Waals surface area contributed by atoms with Crippen molar-refractivity contribution >= 4 is 29.1 Å². The van der Waals surface area contributed by atoms with Crippen LogP contribution in [0.2, 0.25) is 5.02 Å². The van der Waals surface area contributed by atoms with Crippen molar-refractivity contribution in [2.75, 3.05) is 23.3 Å². The maximum atomic E-state index is 12.5. The summed E-state index contributed by atoms with van der Waals surface area (Å²) in [6.07, 6.45) is 1.37. The molecular weight excluding hydrogens is 499 g/mol. The number of halogens is 4. The highest BCUT2D eigenvalue weighted by Crippen LogP contribution is 2.34. The van der Waals surface area contributed by atoms with Gasteiger partial charge >= 0.3 is 12.4 Å². The molecule has 1 aliphatic rings. The number of rotatable bonds is 7. The summed E-state index contributed by atoms with van der Waals surface area (Å²) in [5, 5.41) is 6.02. The van der Waals surface area contributed by atoms with Gasteiger partial charge in [-0.3, -0.25) is 4.98 Å². The highest BCUT2D eigenvalue weighted by molar-refractivity contribution is 6.34. The van der Waals surface area contributed by atoms with Crippen LogP contribution in [0.15, 0.2) is 61.1 Å². The summed E-state index contributed by atoms with van der Waals surface area (Å²) in [6.45, 7) is 1.23. The summed E-state index contributed by atoms with van der Waals surface area (Å²) < 4.78 is 47.1. The van der Waals surface area contributed by atoms with E-state index in [1.165, 1.54) is 18.2 Å². The predicted octanol–water partition coefficient (Wildman–Crippen LogP) is 5.40. The number of nitrogens with one attached hydrogen (secondary N) is 2. The van der Waals surface area contributed by atoms with E-state index in [9.17, 15) is 18.0 Å². The lowest BCUT2D eigenvalue weighted by Crippen LogP contribution is -2.46. The summed E-state index contributed by atoms with van der Waals surface area (Å²) in [5.74, 6) is 0.581. The van der Waals surface area contributed by atoms with Gasteiger partial charge in [0, 0.05) is 37.6 Å². The molecule has 190 valence electrons. The normalized spacial score (nSPS) is 14.3. The zero-order valence-corrected chi connectivity index (χ0v) is 19.7. The number of carbonyl (C=O) groups is 1. The number of hydrogen-bond acceptors (Lipinski definition) is 6. The number of alkyl halides is 3. The summed E-state index contributed by atoms with van der Waals surface area (Å²) in [5.41, 5.74) is 1.10. The van der Waals surface area contributed by atoms with Crippen molar-refractivity contribution in [1.29, 1.82) is 0 Å². The molecule has 1 saturated heterocycles. The number of benzene rings is 1. The summed E-state index contributed by atoms with van der Waals surface area (Å²) in [6, 6.07) is 10.3. The van der Waals surface area contributed by atoms with Gasteiger partial charge in [-0.25, -0.2) is 9.78 Å². The Kier molecular flexibility index (Phi) is 7.99. The van der Waals surface area contributed by atoms with Crippen LogP contribution in [0.3, 0.4) is 0 Å². The Hall–Kier alpha value is -3.73. The van der Waals surface area contributed by atoms with Crippen molar-refractivity contribution in [2.24, 2.45) is 0 Å². The molecule has 2 N–H and O–H groups in total. The van der Waals surface area contributed by atoms with Gasteiger partial charge in [0.2, 0.25) is 0 Å². The maximum Gasteiger partial charge on any atom is 0.573 e. The second-order valence-corrected chi connectivity index (χ2v) is 8.41. The van der Waals surface area contributed by atoms with Crippen LogP contribution in [0.5, 0.6) is 11.5 Å². The van der Waals surface area contributed by atoms with Gasteiger partial charge in [0.15, 0.2) is 5.82 Å². The third-order valence-corrected chi connectivity index (χ3v) is 5.77. The number of ether oxygens (including phenoxy) is 2. The first-order valence-corrected chi connectivity index (χ1v) is 11.5. The molecule has 4 rings (SSSR count). The lowest BCUT2D eigenvalue weighted by molar-refractivity contribution is -0.274. The third kappa shape index (κ3) is 7.14. The number of pyridine rings is 2. The molecule has 0 radical (unpaired) electrons. The van der Waals surface area contributed by atoms with Crippen molar-refractivity contribution in [2.45, 2.75) is 31.9 Å². The van der Waals surface area contributed by atoms with Gasteiger partial charge in [-0.05, 0) is 42.7 Å². The number of amides is 2. The number of nitrogens with zero attached hydrogens (tertiary/aromatic N) is 3. The van der Waals surface area contributed by atoms with Crippen LogP contribution >= 0.6 is 11.6 Å². The van der Waals surface area contributed by atoms with Crippen LogP contribution < -0.4 is 25.0 Å². The summed E-state index contributed by atoms with van der Waals surface area (Å²) in [7, 11) is 0. The zero-order chi connectivity index (χ0) is 25.5. The monoisotopic (exact) mass is 521 g/mol. The van der Waals surface area contributed by atoms with Crippen molar-refractivity contribution in [3.05, 3.63) is 71.6 Å². The Balaban J connectivity index is 1.31.